The van der Waals surface area contributed by atoms with Gasteiger partial charge in [0.05, 0.1) is 11.8 Å². The molecule has 0 bridgehead atoms. The predicted octanol–water partition coefficient (Wildman–Crippen LogP) is 1.74. The third-order valence-corrected chi connectivity index (χ3v) is 2.87. The van der Waals surface area contributed by atoms with E-state index in [0.29, 0.717) is 19.3 Å². The molecule has 0 aromatic rings. The van der Waals surface area contributed by atoms with E-state index in [9.17, 15) is 9.59 Å². The summed E-state index contributed by atoms with van der Waals surface area (Å²) < 4.78 is 0. The molecule has 4 heteroatoms. The fourth-order valence-electron chi connectivity index (χ4n) is 1.99. The highest BCUT2D eigenvalue weighted by Gasteiger charge is 2.27. The van der Waals surface area contributed by atoms with Gasteiger partial charge in [0.1, 0.15) is 0 Å². The van der Waals surface area contributed by atoms with Gasteiger partial charge in [-0.1, -0.05) is 19.3 Å². The molecule has 2 N–H and O–H groups in total. The molecule has 0 saturated heterocycles. The summed E-state index contributed by atoms with van der Waals surface area (Å²) in [4.78, 5) is 21.6. The highest BCUT2D eigenvalue weighted by molar-refractivity contribution is 5.73. The van der Waals surface area contributed by atoms with Crippen LogP contribution in [0.15, 0.2) is 0 Å². The molecule has 0 spiro atoms. The third-order valence-electron chi connectivity index (χ3n) is 2.87. The minimum atomic E-state index is -0.849. The normalized spacial score (nSPS) is 28.9. The van der Waals surface area contributed by atoms with Crippen LogP contribution in [0.25, 0.3) is 0 Å². The van der Waals surface area contributed by atoms with Crippen LogP contribution in [0.2, 0.25) is 0 Å². The molecular formula is C10H16O4. The monoisotopic (exact) mass is 200 g/mol. The number of aliphatic carboxylic acids is 2. The largest absolute Gasteiger partial charge is 0.481 e. The Balaban J connectivity index is 2.59. The number of hydrogen-bond acceptors (Lipinski definition) is 2. The van der Waals surface area contributed by atoms with Gasteiger partial charge in [0.25, 0.3) is 0 Å². The molecule has 0 radical (unpaired) electrons. The van der Waals surface area contributed by atoms with Gasteiger partial charge in [0.2, 0.25) is 0 Å². The van der Waals surface area contributed by atoms with Crippen molar-refractivity contribution in [3.05, 3.63) is 0 Å². The van der Waals surface area contributed by atoms with Crippen LogP contribution in [0, 0.1) is 11.8 Å². The van der Waals surface area contributed by atoms with Gasteiger partial charge in [0, 0.05) is 0 Å². The van der Waals surface area contributed by atoms with E-state index in [2.05, 4.69) is 0 Å². The first-order valence-electron chi connectivity index (χ1n) is 5.07. The molecule has 14 heavy (non-hydrogen) atoms. The Morgan fingerprint density at radius 2 is 1.29 bits per heavy atom. The molecule has 0 amide bonds. The molecule has 4 nitrogen and oxygen atoms in total. The lowest BCUT2D eigenvalue weighted by atomic mass is 9.84. The number of carboxylic acids is 2. The van der Waals surface area contributed by atoms with Crippen LogP contribution in [0.3, 0.4) is 0 Å². The quantitative estimate of drug-likeness (QED) is 0.712. The molecule has 0 heterocycles. The summed E-state index contributed by atoms with van der Waals surface area (Å²) in [6.45, 7) is 0. The van der Waals surface area contributed by atoms with Crippen molar-refractivity contribution in [2.45, 2.75) is 38.5 Å². The molecule has 1 fully saturated rings. The molecule has 1 rings (SSSR count). The summed E-state index contributed by atoms with van der Waals surface area (Å²) in [5, 5.41) is 17.7. The first-order chi connectivity index (χ1) is 6.61. The molecule has 0 aliphatic heterocycles. The predicted molar refractivity (Wildman–Crippen MR) is 50.0 cm³/mol. The zero-order valence-electron chi connectivity index (χ0n) is 8.11. The van der Waals surface area contributed by atoms with Gasteiger partial charge in [0.15, 0.2) is 0 Å². The summed E-state index contributed by atoms with van der Waals surface area (Å²) in [6.07, 6.45) is 4.31. The lowest BCUT2D eigenvalue weighted by Crippen LogP contribution is -2.24. The van der Waals surface area contributed by atoms with Gasteiger partial charge in [-0.25, -0.2) is 0 Å². The van der Waals surface area contributed by atoms with Crippen LogP contribution >= 0.6 is 0 Å². The van der Waals surface area contributed by atoms with E-state index < -0.39 is 23.8 Å². The first-order valence-corrected chi connectivity index (χ1v) is 5.07. The molecule has 0 aromatic heterocycles. The summed E-state index contributed by atoms with van der Waals surface area (Å²) in [7, 11) is 0. The van der Waals surface area contributed by atoms with Gasteiger partial charge in [-0.15, -0.1) is 0 Å². The second-order valence-corrected chi connectivity index (χ2v) is 3.94. The zero-order chi connectivity index (χ0) is 10.6. The molecular weight excluding hydrogens is 184 g/mol. The maximum atomic E-state index is 10.8. The van der Waals surface area contributed by atoms with E-state index in [1.54, 1.807) is 0 Å². The SMILES string of the molecule is O=C(O)C1CCCCCC(C(=O)O)C1. The number of hydrogen-bond donors (Lipinski definition) is 2. The van der Waals surface area contributed by atoms with Crippen LogP contribution in [-0.2, 0) is 9.59 Å². The lowest BCUT2D eigenvalue weighted by molar-refractivity contribution is -0.146. The standard InChI is InChI=1S/C10H16O4/c11-9(12)7-4-2-1-3-5-8(6-7)10(13)14/h7-8H,1-6H2,(H,11,12)(H,13,14). The Bertz CT molecular complexity index is 202. The molecule has 1 aliphatic carbocycles. The Labute approximate surface area is 82.9 Å². The van der Waals surface area contributed by atoms with Crippen LogP contribution in [0.1, 0.15) is 38.5 Å². The van der Waals surface area contributed by atoms with Crippen molar-refractivity contribution in [3.63, 3.8) is 0 Å². The topological polar surface area (TPSA) is 74.6 Å². The smallest absolute Gasteiger partial charge is 0.306 e. The highest BCUT2D eigenvalue weighted by Crippen LogP contribution is 2.27. The fourth-order valence-corrected chi connectivity index (χ4v) is 1.99. The summed E-state index contributed by atoms with van der Waals surface area (Å²) >= 11 is 0. The Morgan fingerprint density at radius 3 is 1.64 bits per heavy atom. The van der Waals surface area contributed by atoms with E-state index in [-0.39, 0.29) is 0 Å². The van der Waals surface area contributed by atoms with Crippen molar-refractivity contribution in [2.24, 2.45) is 11.8 Å². The minimum absolute atomic E-state index is 0.296. The van der Waals surface area contributed by atoms with Crippen molar-refractivity contribution in [3.8, 4) is 0 Å². The summed E-state index contributed by atoms with van der Waals surface area (Å²) in [6, 6.07) is 0. The number of carboxylic acid groups (broad SMARTS) is 2. The molecule has 1 saturated carbocycles. The molecule has 2 atom stereocenters. The lowest BCUT2D eigenvalue weighted by Gasteiger charge is -2.20. The molecule has 0 aromatic carbocycles. The van der Waals surface area contributed by atoms with Crippen molar-refractivity contribution in [1.29, 1.82) is 0 Å². The van der Waals surface area contributed by atoms with E-state index in [4.69, 9.17) is 10.2 Å². The van der Waals surface area contributed by atoms with Crippen molar-refractivity contribution in [2.75, 3.05) is 0 Å². The number of rotatable bonds is 2. The van der Waals surface area contributed by atoms with Crippen LogP contribution in [0.5, 0.6) is 0 Å². The second-order valence-electron chi connectivity index (χ2n) is 3.94. The summed E-state index contributed by atoms with van der Waals surface area (Å²) in [5.41, 5.74) is 0. The van der Waals surface area contributed by atoms with Crippen molar-refractivity contribution < 1.29 is 19.8 Å². The van der Waals surface area contributed by atoms with Crippen LogP contribution < -0.4 is 0 Å². The van der Waals surface area contributed by atoms with E-state index in [1.807, 2.05) is 0 Å². The average molecular weight is 200 g/mol. The third kappa shape index (κ3) is 3.01. The zero-order valence-corrected chi connectivity index (χ0v) is 8.11. The molecule has 80 valence electrons. The highest BCUT2D eigenvalue weighted by atomic mass is 16.4. The maximum Gasteiger partial charge on any atom is 0.306 e. The van der Waals surface area contributed by atoms with E-state index in [0.717, 1.165) is 19.3 Å². The van der Waals surface area contributed by atoms with Gasteiger partial charge < -0.3 is 10.2 Å². The Morgan fingerprint density at radius 1 is 0.857 bits per heavy atom. The molecule has 2 unspecified atom stereocenters. The molecule has 1 aliphatic rings. The van der Waals surface area contributed by atoms with Gasteiger partial charge in [-0.2, -0.15) is 0 Å². The Kier molecular flexibility index (Phi) is 3.92. The van der Waals surface area contributed by atoms with Crippen molar-refractivity contribution >= 4 is 11.9 Å². The van der Waals surface area contributed by atoms with Crippen LogP contribution in [0.4, 0.5) is 0 Å². The van der Waals surface area contributed by atoms with Gasteiger partial charge in [-0.05, 0) is 19.3 Å². The Hall–Kier alpha value is -1.06. The van der Waals surface area contributed by atoms with E-state index in [1.165, 1.54) is 0 Å². The van der Waals surface area contributed by atoms with Gasteiger partial charge >= 0.3 is 11.9 Å². The average Bonchev–Trinajstić information content (AvgIpc) is 2.01. The fraction of sp³-hybridized carbons (Fsp3) is 0.800. The summed E-state index contributed by atoms with van der Waals surface area (Å²) in [5.74, 6) is -2.62. The minimum Gasteiger partial charge on any atom is -0.481 e. The van der Waals surface area contributed by atoms with Gasteiger partial charge in [-0.3, -0.25) is 9.59 Å². The maximum absolute atomic E-state index is 10.8. The van der Waals surface area contributed by atoms with E-state index >= 15 is 0 Å². The number of carbonyl (C=O) groups is 2. The first kappa shape index (κ1) is 11.0. The van der Waals surface area contributed by atoms with Crippen LogP contribution in [-0.4, -0.2) is 22.2 Å². The van der Waals surface area contributed by atoms with Crippen molar-refractivity contribution in [1.82, 2.24) is 0 Å². The second kappa shape index (κ2) is 4.98.